The fraction of sp³-hybridized carbons (Fsp3) is 0.269. The molecule has 7 heteroatoms. The van der Waals surface area contributed by atoms with Gasteiger partial charge in [0.1, 0.15) is 23.2 Å². The molecule has 0 unspecified atom stereocenters. The van der Waals surface area contributed by atoms with Crippen LogP contribution < -0.4 is 4.74 Å². The molecular weight excluding hydrogens is 416 g/mol. The van der Waals surface area contributed by atoms with Gasteiger partial charge in [-0.1, -0.05) is 18.2 Å². The van der Waals surface area contributed by atoms with E-state index in [1.807, 2.05) is 66.1 Å². The molecule has 1 atom stereocenters. The van der Waals surface area contributed by atoms with E-state index < -0.39 is 0 Å². The largest absolute Gasteiger partial charge is 0.497 e. The molecule has 7 nitrogen and oxygen atoms in total. The van der Waals surface area contributed by atoms with E-state index in [0.29, 0.717) is 31.8 Å². The van der Waals surface area contributed by atoms with Gasteiger partial charge in [0, 0.05) is 31.1 Å². The summed E-state index contributed by atoms with van der Waals surface area (Å²) in [6, 6.07) is 17.9. The van der Waals surface area contributed by atoms with Gasteiger partial charge in [-0.3, -0.25) is 9.78 Å². The Morgan fingerprint density at radius 3 is 2.91 bits per heavy atom. The summed E-state index contributed by atoms with van der Waals surface area (Å²) >= 11 is 0. The van der Waals surface area contributed by atoms with E-state index >= 15 is 0 Å². The van der Waals surface area contributed by atoms with E-state index in [-0.39, 0.29) is 12.0 Å². The van der Waals surface area contributed by atoms with Gasteiger partial charge in [-0.15, -0.1) is 0 Å². The highest BCUT2D eigenvalue weighted by atomic mass is 16.5. The number of aryl methyl sites for hydroxylation is 1. The van der Waals surface area contributed by atoms with Gasteiger partial charge in [-0.25, -0.2) is 4.98 Å². The molecule has 1 aliphatic heterocycles. The maximum atomic E-state index is 13.2. The summed E-state index contributed by atoms with van der Waals surface area (Å²) in [5.74, 6) is 0.743. The molecule has 1 aliphatic rings. The molecule has 5 rings (SSSR count). The number of carbonyl (C=O) groups is 1. The average molecular weight is 443 g/mol. The van der Waals surface area contributed by atoms with Crippen molar-refractivity contribution in [1.82, 2.24) is 19.3 Å². The molecule has 3 aromatic heterocycles. The van der Waals surface area contributed by atoms with Crippen molar-refractivity contribution >= 4 is 11.6 Å². The van der Waals surface area contributed by atoms with Crippen LogP contribution in [0.4, 0.5) is 0 Å². The Morgan fingerprint density at radius 1 is 1.15 bits per heavy atom. The zero-order valence-corrected chi connectivity index (χ0v) is 18.8. The molecule has 0 aliphatic carbocycles. The third-order valence-corrected chi connectivity index (χ3v) is 5.87. The van der Waals surface area contributed by atoms with Crippen molar-refractivity contribution in [2.75, 3.05) is 26.8 Å². The van der Waals surface area contributed by atoms with Crippen molar-refractivity contribution in [1.29, 1.82) is 0 Å². The Balaban J connectivity index is 1.31. The quantitative estimate of drug-likeness (QED) is 0.470. The third-order valence-electron chi connectivity index (χ3n) is 5.87. The molecule has 4 aromatic rings. The molecule has 0 N–H and O–H groups in total. The molecule has 0 bridgehead atoms. The van der Waals surface area contributed by atoms with Gasteiger partial charge in [0.15, 0.2) is 0 Å². The van der Waals surface area contributed by atoms with E-state index in [2.05, 4.69) is 11.1 Å². The number of ether oxygens (including phenoxy) is 2. The van der Waals surface area contributed by atoms with Crippen LogP contribution in [-0.4, -0.2) is 52.0 Å². The van der Waals surface area contributed by atoms with E-state index in [4.69, 9.17) is 14.5 Å². The van der Waals surface area contributed by atoms with Gasteiger partial charge in [-0.2, -0.15) is 0 Å². The molecule has 0 saturated carbocycles. The van der Waals surface area contributed by atoms with Crippen LogP contribution in [0.3, 0.4) is 0 Å². The lowest BCUT2D eigenvalue weighted by Crippen LogP contribution is -2.42. The van der Waals surface area contributed by atoms with Crippen LogP contribution in [0.5, 0.6) is 5.75 Å². The highest BCUT2D eigenvalue weighted by Crippen LogP contribution is 2.23. The summed E-state index contributed by atoms with van der Waals surface area (Å²) in [5.41, 5.74) is 5.24. The molecule has 1 aromatic carbocycles. The number of amides is 1. The smallest absolute Gasteiger partial charge is 0.274 e. The van der Waals surface area contributed by atoms with Gasteiger partial charge in [0.2, 0.25) is 0 Å². The predicted molar refractivity (Wildman–Crippen MR) is 125 cm³/mol. The van der Waals surface area contributed by atoms with E-state index in [1.54, 1.807) is 18.2 Å². The first-order valence-electron chi connectivity index (χ1n) is 11.0. The number of hydrogen-bond donors (Lipinski definition) is 0. The fourth-order valence-corrected chi connectivity index (χ4v) is 4.13. The van der Waals surface area contributed by atoms with Gasteiger partial charge < -0.3 is 18.8 Å². The Morgan fingerprint density at radius 2 is 2.03 bits per heavy atom. The first-order valence-corrected chi connectivity index (χ1v) is 11.0. The fourth-order valence-electron chi connectivity index (χ4n) is 4.13. The molecule has 33 heavy (non-hydrogen) atoms. The van der Waals surface area contributed by atoms with Crippen LogP contribution in [0.2, 0.25) is 0 Å². The normalized spacial score (nSPS) is 16.2. The summed E-state index contributed by atoms with van der Waals surface area (Å²) in [7, 11) is 1.67. The minimum Gasteiger partial charge on any atom is -0.497 e. The number of hydrogen-bond acceptors (Lipinski definition) is 5. The maximum Gasteiger partial charge on any atom is 0.274 e. The second-order valence-electron chi connectivity index (χ2n) is 8.29. The number of carbonyl (C=O) groups excluding carboxylic acids is 1. The molecule has 1 fully saturated rings. The molecule has 168 valence electrons. The van der Waals surface area contributed by atoms with Gasteiger partial charge in [-0.05, 0) is 54.4 Å². The van der Waals surface area contributed by atoms with E-state index in [9.17, 15) is 4.79 Å². The third kappa shape index (κ3) is 4.59. The van der Waals surface area contributed by atoms with Crippen molar-refractivity contribution in [3.05, 3.63) is 95.2 Å². The van der Waals surface area contributed by atoms with E-state index in [0.717, 1.165) is 33.9 Å². The van der Waals surface area contributed by atoms with Crippen molar-refractivity contribution in [2.45, 2.75) is 19.4 Å². The number of pyridine rings is 2. The summed E-state index contributed by atoms with van der Waals surface area (Å²) in [6.45, 7) is 3.45. The number of fused-ring (bicyclic) bond motifs is 1. The molecule has 0 radical (unpaired) electrons. The highest BCUT2D eigenvalue weighted by Gasteiger charge is 2.28. The summed E-state index contributed by atoms with van der Waals surface area (Å²) in [5, 5.41) is 0. The lowest BCUT2D eigenvalue weighted by Gasteiger charge is -2.32. The number of nitrogens with zero attached hydrogens (tertiary/aromatic N) is 4. The Hall–Kier alpha value is -3.71. The second kappa shape index (κ2) is 9.03. The number of methoxy groups -OCH3 is 1. The van der Waals surface area contributed by atoms with Crippen molar-refractivity contribution in [3.8, 4) is 5.75 Å². The summed E-state index contributed by atoms with van der Waals surface area (Å²) in [6.07, 6.45) is 4.14. The Labute approximate surface area is 192 Å². The summed E-state index contributed by atoms with van der Waals surface area (Å²) in [4.78, 5) is 24.3. The Kier molecular flexibility index (Phi) is 5.79. The molecule has 0 spiro atoms. The minimum atomic E-state index is -0.271. The number of imidazole rings is 1. The van der Waals surface area contributed by atoms with Crippen LogP contribution in [0, 0.1) is 6.92 Å². The van der Waals surface area contributed by atoms with Crippen molar-refractivity contribution in [2.24, 2.45) is 0 Å². The second-order valence-corrected chi connectivity index (χ2v) is 8.29. The zero-order chi connectivity index (χ0) is 22.8. The van der Waals surface area contributed by atoms with Crippen LogP contribution in [0.15, 0.2) is 67.0 Å². The Bertz CT molecular complexity index is 1300. The first kappa shape index (κ1) is 21.2. The SMILES string of the molecule is COc1cccc(Cc2cccc([C@H]3CN(C(=O)c4cn5ccc(C)cc5n4)CCO3)n2)c1. The van der Waals surface area contributed by atoms with Crippen LogP contribution >= 0.6 is 0 Å². The average Bonchev–Trinajstić information content (AvgIpc) is 3.27. The van der Waals surface area contributed by atoms with Crippen LogP contribution in [0.1, 0.15) is 39.1 Å². The molecule has 4 heterocycles. The minimum absolute atomic E-state index is 0.0859. The topological polar surface area (TPSA) is 69.0 Å². The number of benzene rings is 1. The van der Waals surface area contributed by atoms with Crippen molar-refractivity contribution in [3.63, 3.8) is 0 Å². The van der Waals surface area contributed by atoms with Gasteiger partial charge >= 0.3 is 0 Å². The lowest BCUT2D eigenvalue weighted by molar-refractivity contribution is -0.0249. The molecule has 1 amide bonds. The predicted octanol–water partition coefficient (Wildman–Crippen LogP) is 3.85. The maximum absolute atomic E-state index is 13.2. The summed E-state index contributed by atoms with van der Waals surface area (Å²) < 4.78 is 13.2. The van der Waals surface area contributed by atoms with E-state index in [1.165, 1.54) is 0 Å². The first-order chi connectivity index (χ1) is 16.1. The lowest BCUT2D eigenvalue weighted by atomic mass is 10.1. The monoisotopic (exact) mass is 442 g/mol. The molecule has 1 saturated heterocycles. The van der Waals surface area contributed by atoms with Gasteiger partial charge in [0.05, 0.1) is 26.0 Å². The van der Waals surface area contributed by atoms with Crippen molar-refractivity contribution < 1.29 is 14.3 Å². The highest BCUT2D eigenvalue weighted by molar-refractivity contribution is 5.93. The number of rotatable bonds is 5. The van der Waals surface area contributed by atoms with Gasteiger partial charge in [0.25, 0.3) is 5.91 Å². The van der Waals surface area contributed by atoms with Crippen LogP contribution in [0.25, 0.3) is 5.65 Å². The molecular formula is C26H26N4O3. The standard InChI is InChI=1S/C26H26N4O3/c1-18-9-10-29-16-23(28-25(29)13-18)26(31)30-11-12-33-24(17-30)22-8-4-6-20(27-22)14-19-5-3-7-21(15-19)32-2/h3-10,13,15-16,24H,11-12,14,17H2,1-2H3/t24-/m1/s1. The zero-order valence-electron chi connectivity index (χ0n) is 18.8. The number of morpholine rings is 1. The number of aromatic nitrogens is 3. The van der Waals surface area contributed by atoms with Crippen LogP contribution in [-0.2, 0) is 11.2 Å².